The molecular formula is C13H22N2O2. The van der Waals surface area contributed by atoms with E-state index in [1.807, 2.05) is 19.1 Å². The smallest absolute Gasteiger partial charge is 0.126 e. The van der Waals surface area contributed by atoms with Crippen LogP contribution in [0.2, 0.25) is 0 Å². The molecule has 1 aromatic heterocycles. The van der Waals surface area contributed by atoms with E-state index in [4.69, 9.17) is 9.47 Å². The molecule has 0 aliphatic heterocycles. The molecule has 1 unspecified atom stereocenters. The molecule has 0 aromatic carbocycles. The fourth-order valence-electron chi connectivity index (χ4n) is 1.44. The summed E-state index contributed by atoms with van der Waals surface area (Å²) in [5, 5.41) is 3.26. The summed E-state index contributed by atoms with van der Waals surface area (Å²) < 4.78 is 10.7. The average molecular weight is 238 g/mol. The molecule has 0 saturated heterocycles. The van der Waals surface area contributed by atoms with Crippen LogP contribution in [-0.4, -0.2) is 31.3 Å². The molecule has 0 fully saturated rings. The minimum absolute atomic E-state index is 0.111. The van der Waals surface area contributed by atoms with Crippen molar-refractivity contribution in [3.63, 3.8) is 0 Å². The number of hydrogen-bond donors (Lipinski definition) is 1. The van der Waals surface area contributed by atoms with Gasteiger partial charge in [-0.1, -0.05) is 6.92 Å². The lowest BCUT2D eigenvalue weighted by atomic mass is 10.2. The molecule has 1 atom stereocenters. The van der Waals surface area contributed by atoms with Crippen LogP contribution in [0, 0.1) is 0 Å². The standard InChI is InChI=1S/C13H22N2O2/c1-4-6-14-13-8-12(5-7-15-13)10-17-11(2)9-16-3/h5,7-8,11H,4,6,9-10H2,1-3H3,(H,14,15). The first-order chi connectivity index (χ1) is 8.26. The maximum absolute atomic E-state index is 5.65. The van der Waals surface area contributed by atoms with E-state index in [0.29, 0.717) is 13.2 Å². The second-order valence-corrected chi connectivity index (χ2v) is 4.05. The van der Waals surface area contributed by atoms with E-state index < -0.39 is 0 Å². The highest BCUT2D eigenvalue weighted by molar-refractivity contribution is 5.37. The summed E-state index contributed by atoms with van der Waals surface area (Å²) in [4.78, 5) is 4.25. The number of methoxy groups -OCH3 is 1. The van der Waals surface area contributed by atoms with Crippen LogP contribution in [0.25, 0.3) is 0 Å². The van der Waals surface area contributed by atoms with Gasteiger partial charge in [0.2, 0.25) is 0 Å². The zero-order valence-electron chi connectivity index (χ0n) is 10.9. The molecule has 0 bridgehead atoms. The van der Waals surface area contributed by atoms with Gasteiger partial charge in [-0.25, -0.2) is 4.98 Å². The van der Waals surface area contributed by atoms with Gasteiger partial charge in [0.1, 0.15) is 5.82 Å². The SMILES string of the molecule is CCCNc1cc(COC(C)COC)ccn1. The Morgan fingerprint density at radius 1 is 1.47 bits per heavy atom. The fraction of sp³-hybridized carbons (Fsp3) is 0.615. The number of nitrogens with one attached hydrogen (secondary N) is 1. The summed E-state index contributed by atoms with van der Waals surface area (Å²) in [6.07, 6.45) is 3.01. The minimum atomic E-state index is 0.111. The van der Waals surface area contributed by atoms with Crippen molar-refractivity contribution in [2.45, 2.75) is 33.0 Å². The molecule has 4 nitrogen and oxygen atoms in total. The van der Waals surface area contributed by atoms with Gasteiger partial charge in [-0.05, 0) is 31.0 Å². The number of rotatable bonds is 8. The Balaban J connectivity index is 2.42. The number of anilines is 1. The molecule has 0 radical (unpaired) electrons. The van der Waals surface area contributed by atoms with Crippen molar-refractivity contribution in [2.75, 3.05) is 25.6 Å². The van der Waals surface area contributed by atoms with Crippen LogP contribution >= 0.6 is 0 Å². The maximum Gasteiger partial charge on any atom is 0.126 e. The van der Waals surface area contributed by atoms with E-state index in [2.05, 4.69) is 17.2 Å². The van der Waals surface area contributed by atoms with Gasteiger partial charge in [-0.15, -0.1) is 0 Å². The van der Waals surface area contributed by atoms with Crippen molar-refractivity contribution in [1.82, 2.24) is 4.98 Å². The van der Waals surface area contributed by atoms with Crippen molar-refractivity contribution < 1.29 is 9.47 Å². The van der Waals surface area contributed by atoms with Crippen LogP contribution in [0.1, 0.15) is 25.8 Å². The molecule has 17 heavy (non-hydrogen) atoms. The predicted octanol–water partition coefficient (Wildman–Crippen LogP) is 2.46. The summed E-state index contributed by atoms with van der Waals surface area (Å²) in [7, 11) is 1.68. The van der Waals surface area contributed by atoms with E-state index in [1.165, 1.54) is 0 Å². The molecule has 0 amide bonds. The maximum atomic E-state index is 5.65. The summed E-state index contributed by atoms with van der Waals surface area (Å²) in [6, 6.07) is 3.99. The Labute approximate surface area is 103 Å². The van der Waals surface area contributed by atoms with Crippen molar-refractivity contribution in [3.05, 3.63) is 23.9 Å². The Kier molecular flexibility index (Phi) is 6.58. The first kappa shape index (κ1) is 13.9. The summed E-state index contributed by atoms with van der Waals surface area (Å²) in [6.45, 7) is 6.28. The van der Waals surface area contributed by atoms with Gasteiger partial charge in [0.05, 0.1) is 19.3 Å². The van der Waals surface area contributed by atoms with Crippen molar-refractivity contribution in [3.8, 4) is 0 Å². The van der Waals surface area contributed by atoms with Crippen LogP contribution in [0.3, 0.4) is 0 Å². The molecule has 96 valence electrons. The van der Waals surface area contributed by atoms with Gasteiger partial charge in [-0.2, -0.15) is 0 Å². The Hall–Kier alpha value is -1.13. The average Bonchev–Trinajstić information content (AvgIpc) is 2.35. The highest BCUT2D eigenvalue weighted by Gasteiger charge is 2.02. The second-order valence-electron chi connectivity index (χ2n) is 4.05. The molecule has 0 aliphatic rings. The molecule has 1 rings (SSSR count). The number of hydrogen-bond acceptors (Lipinski definition) is 4. The molecule has 0 saturated carbocycles. The van der Waals surface area contributed by atoms with Crippen molar-refractivity contribution in [2.24, 2.45) is 0 Å². The molecule has 1 heterocycles. The van der Waals surface area contributed by atoms with E-state index in [0.717, 1.165) is 24.3 Å². The van der Waals surface area contributed by atoms with Gasteiger partial charge in [0.25, 0.3) is 0 Å². The molecule has 4 heteroatoms. The molecule has 0 spiro atoms. The van der Waals surface area contributed by atoms with Crippen LogP contribution in [0.5, 0.6) is 0 Å². The zero-order chi connectivity index (χ0) is 12.5. The lowest BCUT2D eigenvalue weighted by Crippen LogP contribution is -2.14. The topological polar surface area (TPSA) is 43.4 Å². The summed E-state index contributed by atoms with van der Waals surface area (Å²) in [5.74, 6) is 0.910. The normalized spacial score (nSPS) is 12.4. The van der Waals surface area contributed by atoms with E-state index >= 15 is 0 Å². The largest absolute Gasteiger partial charge is 0.382 e. The predicted molar refractivity (Wildman–Crippen MR) is 69.1 cm³/mol. The number of nitrogens with zero attached hydrogens (tertiary/aromatic N) is 1. The molecular weight excluding hydrogens is 216 g/mol. The van der Waals surface area contributed by atoms with Crippen molar-refractivity contribution in [1.29, 1.82) is 0 Å². The third-order valence-corrected chi connectivity index (χ3v) is 2.32. The lowest BCUT2D eigenvalue weighted by Gasteiger charge is -2.12. The van der Waals surface area contributed by atoms with Crippen LogP contribution < -0.4 is 5.32 Å². The monoisotopic (exact) mass is 238 g/mol. The number of aromatic nitrogens is 1. The quantitative estimate of drug-likeness (QED) is 0.755. The van der Waals surface area contributed by atoms with Gasteiger partial charge < -0.3 is 14.8 Å². The molecule has 0 aliphatic carbocycles. The van der Waals surface area contributed by atoms with Crippen LogP contribution in [0.15, 0.2) is 18.3 Å². The van der Waals surface area contributed by atoms with Crippen molar-refractivity contribution >= 4 is 5.82 Å². The lowest BCUT2D eigenvalue weighted by molar-refractivity contribution is -0.000131. The first-order valence-electron chi connectivity index (χ1n) is 6.05. The zero-order valence-corrected chi connectivity index (χ0v) is 10.9. The second kappa shape index (κ2) is 8.03. The van der Waals surface area contributed by atoms with E-state index in [1.54, 1.807) is 13.3 Å². The van der Waals surface area contributed by atoms with E-state index in [-0.39, 0.29) is 6.10 Å². The Bertz CT molecular complexity index is 318. The first-order valence-corrected chi connectivity index (χ1v) is 6.05. The molecule has 1 N–H and O–H groups in total. The Morgan fingerprint density at radius 2 is 2.29 bits per heavy atom. The number of ether oxygens (including phenoxy) is 2. The van der Waals surface area contributed by atoms with Crippen LogP contribution in [0.4, 0.5) is 5.82 Å². The van der Waals surface area contributed by atoms with Gasteiger partial charge in [0.15, 0.2) is 0 Å². The fourth-order valence-corrected chi connectivity index (χ4v) is 1.44. The highest BCUT2D eigenvalue weighted by atomic mass is 16.5. The third kappa shape index (κ3) is 5.65. The van der Waals surface area contributed by atoms with Gasteiger partial charge in [0, 0.05) is 19.9 Å². The minimum Gasteiger partial charge on any atom is -0.382 e. The highest BCUT2D eigenvalue weighted by Crippen LogP contribution is 2.09. The van der Waals surface area contributed by atoms with E-state index in [9.17, 15) is 0 Å². The van der Waals surface area contributed by atoms with Gasteiger partial charge in [-0.3, -0.25) is 0 Å². The van der Waals surface area contributed by atoms with Crippen LogP contribution in [-0.2, 0) is 16.1 Å². The molecule has 1 aromatic rings. The number of pyridine rings is 1. The van der Waals surface area contributed by atoms with Gasteiger partial charge >= 0.3 is 0 Å². The summed E-state index contributed by atoms with van der Waals surface area (Å²) >= 11 is 0. The third-order valence-electron chi connectivity index (χ3n) is 2.32. The Morgan fingerprint density at radius 3 is 3.00 bits per heavy atom. The summed E-state index contributed by atoms with van der Waals surface area (Å²) in [5.41, 5.74) is 1.13.